The predicted molar refractivity (Wildman–Crippen MR) is 90.2 cm³/mol. The normalized spacial score (nSPS) is 12.3. The molecule has 6 heteroatoms. The Morgan fingerprint density at radius 1 is 1.26 bits per heavy atom. The Balaban J connectivity index is 2.11. The van der Waals surface area contributed by atoms with Gasteiger partial charge in [-0.2, -0.15) is 0 Å². The van der Waals surface area contributed by atoms with Gasteiger partial charge in [0.15, 0.2) is 11.9 Å². The van der Waals surface area contributed by atoms with Crippen molar-refractivity contribution >= 4 is 23.3 Å². The minimum Gasteiger partial charge on any atom is -0.481 e. The van der Waals surface area contributed by atoms with Gasteiger partial charge in [0.1, 0.15) is 11.5 Å². The molecule has 1 heterocycles. The first kappa shape index (κ1) is 17.3. The molecule has 124 valence electrons. The number of aromatic nitrogens is 1. The SMILES string of the molecule is Cc1cc(NC(=O)[C@@H](C)Oc2cc(C(C)C)c(Cl)cc2C)no1. The van der Waals surface area contributed by atoms with Crippen molar-refractivity contribution in [1.82, 2.24) is 5.16 Å². The van der Waals surface area contributed by atoms with E-state index in [9.17, 15) is 4.79 Å². The number of anilines is 1. The monoisotopic (exact) mass is 336 g/mol. The summed E-state index contributed by atoms with van der Waals surface area (Å²) >= 11 is 6.25. The summed E-state index contributed by atoms with van der Waals surface area (Å²) in [6.07, 6.45) is -0.674. The second kappa shape index (κ2) is 7.04. The molecule has 0 spiro atoms. The Hall–Kier alpha value is -2.01. The summed E-state index contributed by atoms with van der Waals surface area (Å²) in [6.45, 7) is 9.46. The van der Waals surface area contributed by atoms with Gasteiger partial charge in [-0.3, -0.25) is 4.79 Å². The molecule has 1 aromatic heterocycles. The van der Waals surface area contributed by atoms with E-state index < -0.39 is 6.10 Å². The maximum absolute atomic E-state index is 12.2. The van der Waals surface area contributed by atoms with Gasteiger partial charge in [-0.1, -0.05) is 30.6 Å². The zero-order valence-electron chi connectivity index (χ0n) is 13.9. The Morgan fingerprint density at radius 3 is 2.52 bits per heavy atom. The summed E-state index contributed by atoms with van der Waals surface area (Å²) in [4.78, 5) is 12.2. The summed E-state index contributed by atoms with van der Waals surface area (Å²) in [7, 11) is 0. The largest absolute Gasteiger partial charge is 0.481 e. The lowest BCUT2D eigenvalue weighted by atomic mass is 10.0. The molecule has 0 saturated carbocycles. The van der Waals surface area contributed by atoms with Crippen molar-refractivity contribution in [3.05, 3.63) is 40.1 Å². The Bertz CT molecular complexity index is 710. The number of ether oxygens (including phenoxy) is 1. The lowest BCUT2D eigenvalue weighted by molar-refractivity contribution is -0.122. The Morgan fingerprint density at radius 2 is 1.96 bits per heavy atom. The van der Waals surface area contributed by atoms with E-state index in [2.05, 4.69) is 24.3 Å². The quantitative estimate of drug-likeness (QED) is 0.874. The van der Waals surface area contributed by atoms with E-state index in [-0.39, 0.29) is 11.8 Å². The number of aryl methyl sites for hydroxylation is 2. The smallest absolute Gasteiger partial charge is 0.266 e. The molecule has 0 aliphatic heterocycles. The highest BCUT2D eigenvalue weighted by Crippen LogP contribution is 2.32. The van der Waals surface area contributed by atoms with Gasteiger partial charge < -0.3 is 14.6 Å². The molecule has 1 aromatic carbocycles. The van der Waals surface area contributed by atoms with Crippen molar-refractivity contribution in [3.8, 4) is 5.75 Å². The van der Waals surface area contributed by atoms with Crippen molar-refractivity contribution in [2.24, 2.45) is 0 Å². The third-order valence-electron chi connectivity index (χ3n) is 3.47. The highest BCUT2D eigenvalue weighted by Gasteiger charge is 2.18. The fraction of sp³-hybridized carbons (Fsp3) is 0.412. The molecule has 1 amide bonds. The van der Waals surface area contributed by atoms with Crippen LogP contribution in [0, 0.1) is 13.8 Å². The highest BCUT2D eigenvalue weighted by molar-refractivity contribution is 6.31. The maximum Gasteiger partial charge on any atom is 0.266 e. The molecule has 0 radical (unpaired) electrons. The van der Waals surface area contributed by atoms with Crippen LogP contribution in [0.15, 0.2) is 22.7 Å². The summed E-state index contributed by atoms with van der Waals surface area (Å²) in [5, 5.41) is 7.10. The number of carbonyl (C=O) groups excluding carboxylic acids is 1. The van der Waals surface area contributed by atoms with Crippen molar-refractivity contribution in [2.45, 2.75) is 46.6 Å². The van der Waals surface area contributed by atoms with Crippen LogP contribution in [0.3, 0.4) is 0 Å². The van der Waals surface area contributed by atoms with Crippen LogP contribution in [0.1, 0.15) is 43.6 Å². The number of hydrogen-bond donors (Lipinski definition) is 1. The van der Waals surface area contributed by atoms with Crippen LogP contribution in [0.4, 0.5) is 5.82 Å². The number of halogens is 1. The maximum atomic E-state index is 12.2. The number of nitrogens with zero attached hydrogens (tertiary/aromatic N) is 1. The van der Waals surface area contributed by atoms with E-state index in [0.29, 0.717) is 22.4 Å². The molecular formula is C17H21ClN2O3. The average Bonchev–Trinajstić information content (AvgIpc) is 2.86. The lowest BCUT2D eigenvalue weighted by Crippen LogP contribution is -2.30. The van der Waals surface area contributed by atoms with Gasteiger partial charge in [0, 0.05) is 11.1 Å². The molecule has 2 aromatic rings. The van der Waals surface area contributed by atoms with Gasteiger partial charge in [-0.15, -0.1) is 0 Å². The van der Waals surface area contributed by atoms with E-state index >= 15 is 0 Å². The standard InChI is InChI=1S/C17H21ClN2O3/c1-9(2)13-8-15(10(3)6-14(13)18)22-12(5)17(21)19-16-7-11(4)23-20-16/h6-9,12H,1-5H3,(H,19,20,21)/t12-/m1/s1. The number of carbonyl (C=O) groups is 1. The number of benzene rings is 1. The first-order valence-electron chi connectivity index (χ1n) is 7.48. The minimum atomic E-state index is -0.674. The van der Waals surface area contributed by atoms with E-state index in [1.54, 1.807) is 19.9 Å². The van der Waals surface area contributed by atoms with Crippen LogP contribution in [0.2, 0.25) is 5.02 Å². The zero-order chi connectivity index (χ0) is 17.1. The third kappa shape index (κ3) is 4.26. The molecule has 0 aliphatic carbocycles. The van der Waals surface area contributed by atoms with Gasteiger partial charge >= 0.3 is 0 Å². The second-order valence-corrected chi connectivity index (χ2v) is 6.27. The highest BCUT2D eigenvalue weighted by atomic mass is 35.5. The van der Waals surface area contributed by atoms with E-state index in [1.165, 1.54) is 0 Å². The number of rotatable bonds is 5. The topological polar surface area (TPSA) is 64.4 Å². The van der Waals surface area contributed by atoms with Crippen LogP contribution < -0.4 is 10.1 Å². The van der Waals surface area contributed by atoms with Crippen molar-refractivity contribution in [3.63, 3.8) is 0 Å². The summed E-state index contributed by atoms with van der Waals surface area (Å²) in [5.41, 5.74) is 1.88. The van der Waals surface area contributed by atoms with Crippen LogP contribution in [0.25, 0.3) is 0 Å². The number of hydrogen-bond acceptors (Lipinski definition) is 4. The van der Waals surface area contributed by atoms with Crippen LogP contribution in [0.5, 0.6) is 5.75 Å². The van der Waals surface area contributed by atoms with Gasteiger partial charge in [0.25, 0.3) is 5.91 Å². The number of nitrogens with one attached hydrogen (secondary N) is 1. The molecule has 1 atom stereocenters. The Kier molecular flexibility index (Phi) is 5.31. The molecular weight excluding hydrogens is 316 g/mol. The van der Waals surface area contributed by atoms with E-state index in [0.717, 1.165) is 11.1 Å². The molecule has 23 heavy (non-hydrogen) atoms. The van der Waals surface area contributed by atoms with Crippen LogP contribution in [-0.4, -0.2) is 17.2 Å². The number of amides is 1. The molecule has 1 N–H and O–H groups in total. The average molecular weight is 337 g/mol. The van der Waals surface area contributed by atoms with E-state index in [1.807, 2.05) is 19.1 Å². The molecule has 5 nitrogen and oxygen atoms in total. The van der Waals surface area contributed by atoms with Crippen LogP contribution >= 0.6 is 11.6 Å². The molecule has 0 unspecified atom stereocenters. The summed E-state index contributed by atoms with van der Waals surface area (Å²) in [6, 6.07) is 5.40. The first-order chi connectivity index (χ1) is 10.8. The minimum absolute atomic E-state index is 0.271. The fourth-order valence-corrected chi connectivity index (χ4v) is 2.57. The summed E-state index contributed by atoms with van der Waals surface area (Å²) in [5.74, 6) is 1.63. The molecule has 2 rings (SSSR count). The van der Waals surface area contributed by atoms with Gasteiger partial charge in [-0.25, -0.2) is 0 Å². The predicted octanol–water partition coefficient (Wildman–Crippen LogP) is 4.47. The van der Waals surface area contributed by atoms with Crippen molar-refractivity contribution in [1.29, 1.82) is 0 Å². The second-order valence-electron chi connectivity index (χ2n) is 5.87. The zero-order valence-corrected chi connectivity index (χ0v) is 14.7. The van der Waals surface area contributed by atoms with Gasteiger partial charge in [-0.05, 0) is 49.9 Å². The fourth-order valence-electron chi connectivity index (χ4n) is 2.14. The van der Waals surface area contributed by atoms with Crippen LogP contribution in [-0.2, 0) is 4.79 Å². The van der Waals surface area contributed by atoms with Crippen molar-refractivity contribution < 1.29 is 14.1 Å². The molecule has 0 saturated heterocycles. The van der Waals surface area contributed by atoms with Crippen molar-refractivity contribution in [2.75, 3.05) is 5.32 Å². The molecule has 0 aliphatic rings. The third-order valence-corrected chi connectivity index (χ3v) is 3.80. The first-order valence-corrected chi connectivity index (χ1v) is 7.86. The molecule has 0 fully saturated rings. The van der Waals surface area contributed by atoms with E-state index in [4.69, 9.17) is 20.9 Å². The molecule has 0 bridgehead atoms. The Labute approximate surface area is 141 Å². The van der Waals surface area contributed by atoms with Gasteiger partial charge in [0.05, 0.1) is 0 Å². The van der Waals surface area contributed by atoms with Gasteiger partial charge in [0.2, 0.25) is 0 Å². The summed E-state index contributed by atoms with van der Waals surface area (Å²) < 4.78 is 10.7. The lowest BCUT2D eigenvalue weighted by Gasteiger charge is -2.18.